The summed E-state index contributed by atoms with van der Waals surface area (Å²) in [5.41, 5.74) is 1.47. The van der Waals surface area contributed by atoms with Gasteiger partial charge in [-0.15, -0.1) is 0 Å². The van der Waals surface area contributed by atoms with Crippen molar-refractivity contribution in [2.75, 3.05) is 19.9 Å². The number of fused-ring (bicyclic) bond motifs is 3. The first kappa shape index (κ1) is 28.1. The molecule has 8 heteroatoms. The molecule has 2 fully saturated rings. The van der Waals surface area contributed by atoms with E-state index in [-0.39, 0.29) is 34.5 Å². The molecule has 0 amide bonds. The molecule has 2 saturated heterocycles. The van der Waals surface area contributed by atoms with Gasteiger partial charge in [0, 0.05) is 17.2 Å². The van der Waals surface area contributed by atoms with Gasteiger partial charge < -0.3 is 18.9 Å². The second-order valence-corrected chi connectivity index (χ2v) is 15.8. The molecule has 0 aromatic heterocycles. The van der Waals surface area contributed by atoms with Crippen molar-refractivity contribution in [3.8, 4) is 11.5 Å². The Kier molecular flexibility index (Phi) is 6.87. The lowest BCUT2D eigenvalue weighted by Gasteiger charge is -2.45. The van der Waals surface area contributed by atoms with Crippen LogP contribution < -0.4 is 9.47 Å². The smallest absolute Gasteiger partial charge is 0.339 e. The highest BCUT2D eigenvalue weighted by Gasteiger charge is 2.58. The quantitative estimate of drug-likeness (QED) is 0.327. The molecular weight excluding hydrogens is 526 g/mol. The summed E-state index contributed by atoms with van der Waals surface area (Å²) in [6.07, 6.45) is 7.11. The molecule has 4 aliphatic heterocycles. The lowest BCUT2D eigenvalue weighted by atomic mass is 9.77. The summed E-state index contributed by atoms with van der Waals surface area (Å²) in [5, 5.41) is -0.0354. The molecule has 4 atom stereocenters. The number of nitrogens with zero attached hydrogens (tertiary/aromatic N) is 1. The number of rotatable bonds is 4. The van der Waals surface area contributed by atoms with Gasteiger partial charge in [-0.2, -0.15) is 0 Å². The molecule has 1 aromatic carbocycles. The third kappa shape index (κ3) is 4.88. The van der Waals surface area contributed by atoms with Gasteiger partial charge in [0.1, 0.15) is 6.10 Å². The molecule has 1 spiro atoms. The first-order valence-corrected chi connectivity index (χ1v) is 15.6. The maximum atomic E-state index is 14.4. The van der Waals surface area contributed by atoms with Gasteiger partial charge in [0.05, 0.1) is 17.6 Å². The molecule has 0 bridgehead atoms. The Morgan fingerprint density at radius 1 is 1.07 bits per heavy atom. The van der Waals surface area contributed by atoms with Crippen LogP contribution in [-0.4, -0.2) is 63.5 Å². The van der Waals surface area contributed by atoms with E-state index in [2.05, 4.69) is 30.0 Å². The minimum absolute atomic E-state index is 0.0177. The standard InChI is InChI=1S/C32H43NO6S/c1-20-17-31-11-8-13-33(31)14-9-21-15-23-24(37-19-36-23)16-22(21)26(31)27(20)38-28(35)32(12-7-10-30(5,6)39-32)18-25(34)40-29(2,3)4/h15-17,26-27H,7-14,18-19H2,1-6H3/t26-,27?,31?,32-/m1/s1. The van der Waals surface area contributed by atoms with Crippen LogP contribution in [0.2, 0.25) is 0 Å². The van der Waals surface area contributed by atoms with Crippen molar-refractivity contribution in [1.29, 1.82) is 0 Å². The first-order chi connectivity index (χ1) is 18.8. The number of thioether (sulfide) groups is 1. The maximum Gasteiger partial charge on any atom is 0.339 e. The van der Waals surface area contributed by atoms with Crippen LogP contribution in [0, 0.1) is 0 Å². The van der Waals surface area contributed by atoms with Crippen LogP contribution in [-0.2, 0) is 25.5 Å². The van der Waals surface area contributed by atoms with Crippen LogP contribution in [0.4, 0.5) is 0 Å². The molecule has 0 saturated carbocycles. The Morgan fingerprint density at radius 2 is 1.82 bits per heavy atom. The van der Waals surface area contributed by atoms with Gasteiger partial charge in [-0.3, -0.25) is 9.69 Å². The van der Waals surface area contributed by atoms with E-state index in [1.807, 2.05) is 34.6 Å². The highest BCUT2D eigenvalue weighted by Crippen LogP contribution is 2.56. The second kappa shape index (κ2) is 9.77. The number of carbonyl (C=O) groups is 2. The predicted octanol–water partition coefficient (Wildman–Crippen LogP) is 5.93. The van der Waals surface area contributed by atoms with Crippen molar-refractivity contribution in [2.24, 2.45) is 0 Å². The monoisotopic (exact) mass is 569 g/mol. The van der Waals surface area contributed by atoms with E-state index < -0.39 is 23.3 Å². The third-order valence-electron chi connectivity index (χ3n) is 9.27. The summed E-state index contributed by atoms with van der Waals surface area (Å²) in [7, 11) is 0. The largest absolute Gasteiger partial charge is 0.455 e. The highest BCUT2D eigenvalue weighted by molar-refractivity contribution is 8.14. The molecule has 1 aliphatic carbocycles. The van der Waals surface area contributed by atoms with E-state index in [4.69, 9.17) is 18.9 Å². The summed E-state index contributed by atoms with van der Waals surface area (Å²) in [6.45, 7) is 14.4. The van der Waals surface area contributed by atoms with Gasteiger partial charge in [-0.25, -0.2) is 4.79 Å². The molecule has 7 nitrogen and oxygen atoms in total. The van der Waals surface area contributed by atoms with Crippen molar-refractivity contribution in [2.45, 2.75) is 120 Å². The Balaban J connectivity index is 1.36. The van der Waals surface area contributed by atoms with Gasteiger partial charge in [0.2, 0.25) is 6.79 Å². The Bertz CT molecular complexity index is 1250. The van der Waals surface area contributed by atoms with Crippen molar-refractivity contribution in [1.82, 2.24) is 4.90 Å². The van der Waals surface area contributed by atoms with Crippen molar-refractivity contribution in [3.63, 3.8) is 0 Å². The first-order valence-electron chi connectivity index (χ1n) is 14.8. The summed E-state index contributed by atoms with van der Waals surface area (Å²) in [5.74, 6) is 1.08. The minimum atomic E-state index is -1.29. The molecule has 0 radical (unpaired) electrons. The zero-order valence-electron chi connectivity index (χ0n) is 24.8. The second-order valence-electron chi connectivity index (χ2n) is 13.9. The average molecular weight is 570 g/mol. The number of hydrogen-bond donors (Lipinski definition) is 0. The van der Waals surface area contributed by atoms with Crippen molar-refractivity contribution in [3.05, 3.63) is 34.9 Å². The van der Waals surface area contributed by atoms with E-state index in [0.717, 1.165) is 62.3 Å². The lowest BCUT2D eigenvalue weighted by Crippen LogP contribution is -2.54. The van der Waals surface area contributed by atoms with E-state index in [0.29, 0.717) is 6.42 Å². The molecule has 2 unspecified atom stereocenters. The summed E-state index contributed by atoms with van der Waals surface area (Å²) < 4.78 is 24.4. The zero-order chi connectivity index (χ0) is 28.5. The van der Waals surface area contributed by atoms with Gasteiger partial charge in [0.15, 0.2) is 22.2 Å². The number of esters is 1. The lowest BCUT2D eigenvalue weighted by molar-refractivity contribution is -0.212. The van der Waals surface area contributed by atoms with Crippen LogP contribution >= 0.6 is 11.8 Å². The van der Waals surface area contributed by atoms with Crippen LogP contribution in [0.25, 0.3) is 0 Å². The SMILES string of the molecule is CC1=CC23CCCN2CCc2cc4c(cc2[C@@H]3C1OC(=O)[C@]1(CC(=O)SC(C)(C)C)CCCC(C)(C)O1)OCO4. The molecular formula is C32H43NO6S. The minimum Gasteiger partial charge on any atom is -0.455 e. The maximum absolute atomic E-state index is 14.4. The van der Waals surface area contributed by atoms with E-state index >= 15 is 0 Å². The van der Waals surface area contributed by atoms with Crippen molar-refractivity contribution >= 4 is 22.8 Å². The molecule has 1 aromatic rings. The Labute approximate surface area is 242 Å². The number of ether oxygens (including phenoxy) is 4. The Hall–Kier alpha value is -2.03. The summed E-state index contributed by atoms with van der Waals surface area (Å²) in [6, 6.07) is 4.25. The van der Waals surface area contributed by atoms with Gasteiger partial charge in [0.25, 0.3) is 0 Å². The predicted molar refractivity (Wildman–Crippen MR) is 155 cm³/mol. The van der Waals surface area contributed by atoms with E-state index in [1.54, 1.807) is 0 Å². The molecule has 40 heavy (non-hydrogen) atoms. The molecule has 5 aliphatic rings. The fourth-order valence-electron chi connectivity index (χ4n) is 7.81. The molecule has 218 valence electrons. The fourth-order valence-corrected chi connectivity index (χ4v) is 8.79. The third-order valence-corrected chi connectivity index (χ3v) is 10.3. The summed E-state index contributed by atoms with van der Waals surface area (Å²) >= 11 is 1.27. The fraction of sp³-hybridized carbons (Fsp3) is 0.688. The topological polar surface area (TPSA) is 74.3 Å². The highest BCUT2D eigenvalue weighted by atomic mass is 32.2. The summed E-state index contributed by atoms with van der Waals surface area (Å²) in [4.78, 5) is 30.2. The van der Waals surface area contributed by atoms with Crippen molar-refractivity contribution < 1.29 is 28.5 Å². The Morgan fingerprint density at radius 3 is 2.55 bits per heavy atom. The molecule has 0 N–H and O–H groups in total. The normalized spacial score (nSPS) is 32.5. The van der Waals surface area contributed by atoms with Gasteiger partial charge in [-0.1, -0.05) is 38.6 Å². The average Bonchev–Trinajstić information content (AvgIpc) is 3.51. The van der Waals surface area contributed by atoms with Crippen LogP contribution in [0.5, 0.6) is 11.5 Å². The van der Waals surface area contributed by atoms with E-state index in [1.165, 1.54) is 22.9 Å². The van der Waals surface area contributed by atoms with Gasteiger partial charge >= 0.3 is 5.97 Å². The van der Waals surface area contributed by atoms with E-state index in [9.17, 15) is 9.59 Å². The number of benzene rings is 1. The van der Waals surface area contributed by atoms with Crippen LogP contribution in [0.3, 0.4) is 0 Å². The number of hydrogen-bond acceptors (Lipinski definition) is 8. The number of carbonyl (C=O) groups excluding carboxylic acids is 2. The zero-order valence-corrected chi connectivity index (χ0v) is 25.6. The molecule has 6 rings (SSSR count). The van der Waals surface area contributed by atoms with Gasteiger partial charge in [-0.05, 0) is 94.7 Å². The van der Waals surface area contributed by atoms with Crippen LogP contribution in [0.1, 0.15) is 97.1 Å². The molecule has 4 heterocycles. The van der Waals surface area contributed by atoms with Crippen LogP contribution in [0.15, 0.2) is 23.8 Å².